The van der Waals surface area contributed by atoms with Gasteiger partial charge in [0.2, 0.25) is 0 Å². The van der Waals surface area contributed by atoms with Gasteiger partial charge in [0.05, 0.1) is 26.4 Å². The molecule has 0 saturated carbocycles. The predicted octanol–water partition coefficient (Wildman–Crippen LogP) is -3.49. The molecule has 1 atom stereocenters. The standard InChI is InChI=1S/C4H8O3.2C3H8O3/c1-2-3(5)4(6)7;2*4-1-3(6)2-5/h3,5H,2H2,1H3,(H,6,7);2*3-6H,1-2H2/t3-;;/m1../s1. The second kappa shape index (κ2) is 17.2. The van der Waals surface area contributed by atoms with E-state index in [9.17, 15) is 4.79 Å². The van der Waals surface area contributed by atoms with E-state index in [4.69, 9.17) is 40.9 Å². The summed E-state index contributed by atoms with van der Waals surface area (Å²) in [6.07, 6.45) is -2.81. The van der Waals surface area contributed by atoms with Gasteiger partial charge in [-0.25, -0.2) is 4.79 Å². The molecule has 0 aliphatic rings. The molecule has 0 aromatic carbocycles. The summed E-state index contributed by atoms with van der Waals surface area (Å²) >= 11 is 0. The average molecular weight is 288 g/mol. The third-order valence-electron chi connectivity index (χ3n) is 1.51. The Balaban J connectivity index is -0.000000203. The van der Waals surface area contributed by atoms with Crippen molar-refractivity contribution in [2.24, 2.45) is 0 Å². The Morgan fingerprint density at radius 1 is 0.842 bits per heavy atom. The fraction of sp³-hybridized carbons (Fsp3) is 0.900. The molecule has 0 aromatic heterocycles. The summed E-state index contributed by atoms with van der Waals surface area (Å²) in [4.78, 5) is 9.68. The first-order valence-electron chi connectivity index (χ1n) is 5.50. The number of carboxylic acids is 1. The molecule has 8 N–H and O–H groups in total. The minimum Gasteiger partial charge on any atom is -0.479 e. The molecule has 0 radical (unpaired) electrons. The van der Waals surface area contributed by atoms with Crippen LogP contribution in [0.4, 0.5) is 0 Å². The number of carbonyl (C=O) groups is 1. The summed E-state index contributed by atoms with van der Waals surface area (Å²) in [5.41, 5.74) is 0. The van der Waals surface area contributed by atoms with E-state index in [-0.39, 0.29) is 32.8 Å². The molecule has 0 unspecified atom stereocenters. The molecule has 0 bridgehead atoms. The first-order valence-corrected chi connectivity index (χ1v) is 5.50. The summed E-state index contributed by atoms with van der Waals surface area (Å²) in [5, 5.41) is 64.3. The normalized spacial score (nSPS) is 11.3. The van der Waals surface area contributed by atoms with Crippen molar-refractivity contribution in [3.63, 3.8) is 0 Å². The van der Waals surface area contributed by atoms with Crippen LogP contribution in [-0.2, 0) is 4.79 Å². The Morgan fingerprint density at radius 2 is 1.11 bits per heavy atom. The zero-order chi connectivity index (χ0) is 15.8. The number of aliphatic hydroxyl groups is 7. The van der Waals surface area contributed by atoms with Crippen LogP contribution < -0.4 is 0 Å². The average Bonchev–Trinajstić information content (AvgIpc) is 2.45. The Kier molecular flexibility index (Phi) is 21.1. The lowest BCUT2D eigenvalue weighted by Gasteiger charge is -1.96. The number of hydrogen-bond donors (Lipinski definition) is 8. The molecule has 0 aromatic rings. The van der Waals surface area contributed by atoms with Crippen LogP contribution in [-0.4, -0.2) is 91.6 Å². The van der Waals surface area contributed by atoms with Crippen LogP contribution in [0.2, 0.25) is 0 Å². The van der Waals surface area contributed by atoms with Crippen molar-refractivity contribution in [2.45, 2.75) is 31.7 Å². The lowest BCUT2D eigenvalue weighted by Crippen LogP contribution is -2.17. The Labute approximate surface area is 111 Å². The summed E-state index contributed by atoms with van der Waals surface area (Å²) in [6.45, 7) is 0.152. The lowest BCUT2D eigenvalue weighted by atomic mass is 10.3. The van der Waals surface area contributed by atoms with Crippen LogP contribution in [0.5, 0.6) is 0 Å². The van der Waals surface area contributed by atoms with Gasteiger partial charge in [0.1, 0.15) is 12.2 Å². The van der Waals surface area contributed by atoms with E-state index in [1.807, 2.05) is 0 Å². The molecule has 0 saturated heterocycles. The maximum Gasteiger partial charge on any atom is 0.332 e. The lowest BCUT2D eigenvalue weighted by molar-refractivity contribution is -0.146. The Morgan fingerprint density at radius 3 is 1.11 bits per heavy atom. The van der Waals surface area contributed by atoms with Gasteiger partial charge >= 0.3 is 5.97 Å². The van der Waals surface area contributed by atoms with Crippen LogP contribution in [0.25, 0.3) is 0 Å². The van der Waals surface area contributed by atoms with Gasteiger partial charge in [-0.05, 0) is 6.42 Å². The Hall–Kier alpha value is -0.810. The van der Waals surface area contributed by atoms with Gasteiger partial charge in [-0.15, -0.1) is 0 Å². The summed E-state index contributed by atoms with van der Waals surface area (Å²) in [7, 11) is 0. The minimum atomic E-state index is -1.18. The van der Waals surface area contributed by atoms with Gasteiger partial charge in [-0.3, -0.25) is 0 Å². The van der Waals surface area contributed by atoms with E-state index in [1.165, 1.54) is 0 Å². The summed E-state index contributed by atoms with van der Waals surface area (Å²) in [5.74, 6) is -1.15. The highest BCUT2D eigenvalue weighted by molar-refractivity contribution is 5.71. The molecular formula is C10H24O9. The third-order valence-corrected chi connectivity index (χ3v) is 1.51. The monoisotopic (exact) mass is 288 g/mol. The molecule has 0 heterocycles. The van der Waals surface area contributed by atoms with E-state index >= 15 is 0 Å². The molecule has 0 amide bonds. The number of carboxylic acid groups (broad SMARTS) is 1. The van der Waals surface area contributed by atoms with E-state index < -0.39 is 24.3 Å². The highest BCUT2D eigenvalue weighted by Crippen LogP contribution is 1.86. The summed E-state index contributed by atoms with van der Waals surface area (Å²) < 4.78 is 0. The molecule has 0 rings (SSSR count). The minimum absolute atomic E-state index is 0.273. The highest BCUT2D eigenvalue weighted by atomic mass is 16.4. The number of aliphatic hydroxyl groups excluding tert-OH is 7. The van der Waals surface area contributed by atoms with Gasteiger partial charge in [0.25, 0.3) is 0 Å². The van der Waals surface area contributed by atoms with E-state index in [2.05, 4.69) is 0 Å². The van der Waals surface area contributed by atoms with Crippen LogP contribution in [0, 0.1) is 0 Å². The molecule has 9 nitrogen and oxygen atoms in total. The Bertz CT molecular complexity index is 170. The zero-order valence-electron chi connectivity index (χ0n) is 10.8. The second-order valence-electron chi connectivity index (χ2n) is 3.30. The molecule has 0 spiro atoms. The van der Waals surface area contributed by atoms with Gasteiger partial charge < -0.3 is 40.9 Å². The van der Waals surface area contributed by atoms with Crippen molar-refractivity contribution < 1.29 is 45.6 Å². The van der Waals surface area contributed by atoms with Crippen molar-refractivity contribution in [1.29, 1.82) is 0 Å². The van der Waals surface area contributed by atoms with Gasteiger partial charge in [-0.1, -0.05) is 6.92 Å². The topological polar surface area (TPSA) is 179 Å². The number of rotatable bonds is 6. The van der Waals surface area contributed by atoms with E-state index in [0.29, 0.717) is 0 Å². The van der Waals surface area contributed by atoms with Crippen molar-refractivity contribution in [1.82, 2.24) is 0 Å². The van der Waals surface area contributed by atoms with E-state index in [1.54, 1.807) is 6.92 Å². The molecule has 0 aliphatic carbocycles. The van der Waals surface area contributed by atoms with Gasteiger partial charge in [-0.2, -0.15) is 0 Å². The fourth-order valence-electron chi connectivity index (χ4n) is 0.290. The van der Waals surface area contributed by atoms with Crippen LogP contribution in [0.1, 0.15) is 13.3 Å². The van der Waals surface area contributed by atoms with Crippen molar-refractivity contribution in [2.75, 3.05) is 26.4 Å². The maximum atomic E-state index is 9.68. The SMILES string of the molecule is CC[C@@H](O)C(=O)O.OCC(O)CO.OCC(O)CO. The largest absolute Gasteiger partial charge is 0.479 e. The highest BCUT2D eigenvalue weighted by Gasteiger charge is 2.07. The van der Waals surface area contributed by atoms with Crippen LogP contribution in [0.3, 0.4) is 0 Å². The van der Waals surface area contributed by atoms with Crippen molar-refractivity contribution in [3.8, 4) is 0 Å². The molecule has 0 aliphatic heterocycles. The number of aliphatic carboxylic acids is 1. The zero-order valence-corrected chi connectivity index (χ0v) is 10.8. The third kappa shape index (κ3) is 22.8. The van der Waals surface area contributed by atoms with Crippen LogP contribution >= 0.6 is 0 Å². The predicted molar refractivity (Wildman–Crippen MR) is 64.3 cm³/mol. The second-order valence-corrected chi connectivity index (χ2v) is 3.30. The van der Waals surface area contributed by atoms with Crippen molar-refractivity contribution >= 4 is 5.97 Å². The van der Waals surface area contributed by atoms with Crippen LogP contribution in [0.15, 0.2) is 0 Å². The number of hydrogen-bond acceptors (Lipinski definition) is 8. The molecule has 19 heavy (non-hydrogen) atoms. The molecule has 9 heteroatoms. The molecule has 0 fully saturated rings. The van der Waals surface area contributed by atoms with Gasteiger partial charge in [0.15, 0.2) is 6.10 Å². The summed E-state index contributed by atoms with van der Waals surface area (Å²) in [6, 6.07) is 0. The fourth-order valence-corrected chi connectivity index (χ4v) is 0.290. The van der Waals surface area contributed by atoms with Crippen molar-refractivity contribution in [3.05, 3.63) is 0 Å². The first kappa shape index (κ1) is 23.3. The first-order chi connectivity index (χ1) is 8.80. The van der Waals surface area contributed by atoms with Gasteiger partial charge in [0, 0.05) is 0 Å². The molecule has 118 valence electrons. The van der Waals surface area contributed by atoms with E-state index in [0.717, 1.165) is 0 Å². The smallest absolute Gasteiger partial charge is 0.332 e. The quantitative estimate of drug-likeness (QED) is 0.246. The maximum absolute atomic E-state index is 9.68. The molecular weight excluding hydrogens is 264 g/mol.